The number of hydrogen-bond acceptors (Lipinski definition) is 3. The zero-order chi connectivity index (χ0) is 18.7. The zero-order valence-electron chi connectivity index (χ0n) is 15.3. The molecule has 0 radical (unpaired) electrons. The number of amides is 1. The fourth-order valence-corrected chi connectivity index (χ4v) is 2.95. The highest BCUT2D eigenvalue weighted by molar-refractivity contribution is 6.31. The Labute approximate surface area is 155 Å². The van der Waals surface area contributed by atoms with E-state index < -0.39 is 4.92 Å². The SMILES string of the molecule is CCCCCCN(CCCCCC)C(=O)c1cc(Cl)ccc1[N+](=O)[O-]. The number of unbranched alkanes of at least 4 members (excludes halogenated alkanes) is 6. The molecule has 0 spiro atoms. The largest absolute Gasteiger partial charge is 0.338 e. The molecule has 0 aliphatic carbocycles. The number of nitrogens with zero attached hydrogens (tertiary/aromatic N) is 2. The molecular formula is C19H29ClN2O3. The number of carbonyl (C=O) groups excluding carboxylic acids is 1. The number of hydrogen-bond donors (Lipinski definition) is 0. The van der Waals surface area contributed by atoms with Gasteiger partial charge in [0.2, 0.25) is 0 Å². The van der Waals surface area contributed by atoms with Gasteiger partial charge in [-0.3, -0.25) is 14.9 Å². The summed E-state index contributed by atoms with van der Waals surface area (Å²) in [6.45, 7) is 5.55. The second-order valence-corrected chi connectivity index (χ2v) is 6.77. The minimum Gasteiger partial charge on any atom is -0.338 e. The Kier molecular flexibility index (Phi) is 10.2. The molecule has 0 aromatic heterocycles. The summed E-state index contributed by atoms with van der Waals surface area (Å²) in [5, 5.41) is 11.6. The number of carbonyl (C=O) groups is 1. The summed E-state index contributed by atoms with van der Waals surface area (Å²) in [7, 11) is 0. The van der Waals surface area contributed by atoms with Gasteiger partial charge in [0.15, 0.2) is 0 Å². The minimum atomic E-state index is -0.518. The van der Waals surface area contributed by atoms with Crippen molar-refractivity contribution in [3.8, 4) is 0 Å². The lowest BCUT2D eigenvalue weighted by molar-refractivity contribution is -0.385. The lowest BCUT2D eigenvalue weighted by Crippen LogP contribution is -2.33. The van der Waals surface area contributed by atoms with E-state index in [1.165, 1.54) is 18.2 Å². The first-order valence-corrected chi connectivity index (χ1v) is 9.62. The number of nitro benzene ring substituents is 1. The molecule has 0 saturated heterocycles. The van der Waals surface area contributed by atoms with Crippen molar-refractivity contribution in [3.63, 3.8) is 0 Å². The molecular weight excluding hydrogens is 340 g/mol. The van der Waals surface area contributed by atoms with Crippen LogP contribution in [0.5, 0.6) is 0 Å². The molecule has 1 rings (SSSR count). The maximum absolute atomic E-state index is 12.9. The molecule has 0 bridgehead atoms. The van der Waals surface area contributed by atoms with Crippen molar-refractivity contribution in [2.24, 2.45) is 0 Å². The number of nitro groups is 1. The van der Waals surface area contributed by atoms with Crippen molar-refractivity contribution in [1.29, 1.82) is 0 Å². The van der Waals surface area contributed by atoms with Crippen molar-refractivity contribution in [2.45, 2.75) is 65.2 Å². The van der Waals surface area contributed by atoms with E-state index in [1.807, 2.05) is 0 Å². The Bertz CT molecular complexity index is 552. The predicted molar refractivity (Wildman–Crippen MR) is 102 cm³/mol. The van der Waals surface area contributed by atoms with E-state index in [2.05, 4.69) is 13.8 Å². The Morgan fingerprint density at radius 2 is 1.60 bits per heavy atom. The van der Waals surface area contributed by atoms with Crippen molar-refractivity contribution < 1.29 is 9.72 Å². The molecule has 0 saturated carbocycles. The van der Waals surface area contributed by atoms with E-state index in [1.54, 1.807) is 4.90 Å². The summed E-state index contributed by atoms with van der Waals surface area (Å²) < 4.78 is 0. The summed E-state index contributed by atoms with van der Waals surface area (Å²) in [5.41, 5.74) is -0.0926. The Balaban J connectivity index is 2.89. The summed E-state index contributed by atoms with van der Waals surface area (Å²) in [6.07, 6.45) is 8.49. The average Bonchev–Trinajstić information content (AvgIpc) is 2.59. The molecule has 5 nitrogen and oxygen atoms in total. The van der Waals surface area contributed by atoms with Crippen LogP contribution in [-0.2, 0) is 0 Å². The highest BCUT2D eigenvalue weighted by Gasteiger charge is 2.24. The van der Waals surface area contributed by atoms with E-state index in [0.717, 1.165) is 51.4 Å². The minimum absolute atomic E-state index is 0.0866. The second kappa shape index (κ2) is 11.9. The van der Waals surface area contributed by atoms with Crippen LogP contribution in [-0.4, -0.2) is 28.8 Å². The lowest BCUT2D eigenvalue weighted by Gasteiger charge is -2.23. The lowest BCUT2D eigenvalue weighted by atomic mass is 10.1. The van der Waals surface area contributed by atoms with Gasteiger partial charge in [-0.25, -0.2) is 0 Å². The van der Waals surface area contributed by atoms with Crippen molar-refractivity contribution >= 4 is 23.2 Å². The maximum atomic E-state index is 12.9. The van der Waals surface area contributed by atoms with Crippen LogP contribution in [0.15, 0.2) is 18.2 Å². The van der Waals surface area contributed by atoms with Gasteiger partial charge in [-0.1, -0.05) is 64.0 Å². The zero-order valence-corrected chi connectivity index (χ0v) is 16.1. The van der Waals surface area contributed by atoms with Crippen LogP contribution in [0.4, 0.5) is 5.69 Å². The van der Waals surface area contributed by atoms with Gasteiger partial charge in [0.25, 0.3) is 11.6 Å². The van der Waals surface area contributed by atoms with Gasteiger partial charge in [-0.2, -0.15) is 0 Å². The third-order valence-electron chi connectivity index (χ3n) is 4.24. The molecule has 0 unspecified atom stereocenters. The van der Waals surface area contributed by atoms with Crippen molar-refractivity contribution in [2.75, 3.05) is 13.1 Å². The van der Waals surface area contributed by atoms with Gasteiger partial charge in [0.1, 0.15) is 5.56 Å². The molecule has 0 heterocycles. The number of rotatable bonds is 12. The normalized spacial score (nSPS) is 10.7. The molecule has 0 aliphatic heterocycles. The Morgan fingerprint density at radius 3 is 2.08 bits per heavy atom. The highest BCUT2D eigenvalue weighted by atomic mass is 35.5. The first kappa shape index (κ1) is 21.4. The molecule has 1 aromatic rings. The Hall–Kier alpha value is -1.62. The van der Waals surface area contributed by atoms with Gasteiger partial charge in [0.05, 0.1) is 4.92 Å². The van der Waals surface area contributed by atoms with Gasteiger partial charge < -0.3 is 4.90 Å². The van der Waals surface area contributed by atoms with E-state index in [0.29, 0.717) is 18.1 Å². The van der Waals surface area contributed by atoms with Crippen LogP contribution in [0.25, 0.3) is 0 Å². The topological polar surface area (TPSA) is 63.5 Å². The van der Waals surface area contributed by atoms with Crippen LogP contribution < -0.4 is 0 Å². The molecule has 0 N–H and O–H groups in total. The van der Waals surface area contributed by atoms with E-state index in [9.17, 15) is 14.9 Å². The fraction of sp³-hybridized carbons (Fsp3) is 0.632. The molecule has 25 heavy (non-hydrogen) atoms. The van der Waals surface area contributed by atoms with E-state index >= 15 is 0 Å². The molecule has 6 heteroatoms. The molecule has 1 amide bonds. The summed E-state index contributed by atoms with van der Waals surface area (Å²) in [4.78, 5) is 25.4. The summed E-state index contributed by atoms with van der Waals surface area (Å²) in [5.74, 6) is -0.290. The highest BCUT2D eigenvalue weighted by Crippen LogP contribution is 2.24. The first-order valence-electron chi connectivity index (χ1n) is 9.24. The third-order valence-corrected chi connectivity index (χ3v) is 4.47. The monoisotopic (exact) mass is 368 g/mol. The molecule has 0 fully saturated rings. The summed E-state index contributed by atoms with van der Waals surface area (Å²) >= 11 is 5.97. The quantitative estimate of drug-likeness (QED) is 0.264. The van der Waals surface area contributed by atoms with Gasteiger partial charge >= 0.3 is 0 Å². The predicted octanol–water partition coefficient (Wildman–Crippen LogP) is 5.85. The molecule has 0 atom stereocenters. The van der Waals surface area contributed by atoms with Crippen LogP contribution in [0, 0.1) is 10.1 Å². The van der Waals surface area contributed by atoms with Crippen LogP contribution in [0.1, 0.15) is 75.6 Å². The van der Waals surface area contributed by atoms with Crippen LogP contribution in [0.3, 0.4) is 0 Å². The number of halogens is 1. The second-order valence-electron chi connectivity index (χ2n) is 6.33. The Morgan fingerprint density at radius 1 is 1.04 bits per heavy atom. The average molecular weight is 369 g/mol. The van der Waals surface area contributed by atoms with Crippen molar-refractivity contribution in [3.05, 3.63) is 38.9 Å². The standard InChI is InChI=1S/C19H29ClN2O3/c1-3-5-7-9-13-21(14-10-8-6-4-2)19(23)17-15-16(20)11-12-18(17)22(24)25/h11-12,15H,3-10,13-14H2,1-2H3. The smallest absolute Gasteiger partial charge is 0.282 e. The number of benzene rings is 1. The van der Waals surface area contributed by atoms with Gasteiger partial charge in [-0.05, 0) is 25.0 Å². The van der Waals surface area contributed by atoms with Crippen molar-refractivity contribution in [1.82, 2.24) is 4.90 Å². The van der Waals surface area contributed by atoms with E-state index in [-0.39, 0.29) is 17.2 Å². The van der Waals surface area contributed by atoms with Gasteiger partial charge in [0, 0.05) is 24.2 Å². The maximum Gasteiger partial charge on any atom is 0.282 e. The summed E-state index contributed by atoms with van der Waals surface area (Å²) in [6, 6.07) is 4.17. The van der Waals surface area contributed by atoms with E-state index in [4.69, 9.17) is 11.6 Å². The molecule has 1 aromatic carbocycles. The first-order chi connectivity index (χ1) is 12.0. The fourth-order valence-electron chi connectivity index (χ4n) is 2.78. The molecule has 140 valence electrons. The molecule has 0 aliphatic rings. The third kappa shape index (κ3) is 7.43. The van der Waals surface area contributed by atoms with Crippen LogP contribution in [0.2, 0.25) is 5.02 Å². The van der Waals surface area contributed by atoms with Gasteiger partial charge in [-0.15, -0.1) is 0 Å². The van der Waals surface area contributed by atoms with Crippen LogP contribution >= 0.6 is 11.6 Å².